The third-order valence-corrected chi connectivity index (χ3v) is 3.56. The van der Waals surface area contributed by atoms with Crippen LogP contribution in [-0.4, -0.2) is 24.5 Å². The van der Waals surface area contributed by atoms with Gasteiger partial charge in [-0.1, -0.05) is 30.3 Å². The molecular weight excluding hydrogens is 280 g/mol. The van der Waals surface area contributed by atoms with Gasteiger partial charge in [0.05, 0.1) is 0 Å². The van der Waals surface area contributed by atoms with E-state index >= 15 is 0 Å². The van der Waals surface area contributed by atoms with Gasteiger partial charge in [-0.15, -0.1) is 0 Å². The number of esters is 1. The Morgan fingerprint density at radius 2 is 1.64 bits per heavy atom. The largest absolute Gasteiger partial charge is 0.425 e. The highest BCUT2D eigenvalue weighted by Gasteiger charge is 2.25. The smallest absolute Gasteiger partial charge is 0.340 e. The number of carbonyl (C=O) groups excluding carboxylic acids is 2. The molecule has 0 saturated carbocycles. The van der Waals surface area contributed by atoms with Gasteiger partial charge < -0.3 is 9.47 Å². The minimum atomic E-state index is -0.467. The van der Waals surface area contributed by atoms with E-state index < -0.39 is 6.10 Å². The first kappa shape index (κ1) is 14.5. The molecule has 0 aliphatic carbocycles. The van der Waals surface area contributed by atoms with Gasteiger partial charge in [0.2, 0.25) is 0 Å². The van der Waals surface area contributed by atoms with Crippen molar-refractivity contribution in [2.24, 2.45) is 0 Å². The monoisotopic (exact) mass is 296 g/mol. The summed E-state index contributed by atoms with van der Waals surface area (Å²) in [6.07, 6.45) is 1.11. The van der Waals surface area contributed by atoms with Crippen molar-refractivity contribution >= 4 is 11.8 Å². The lowest BCUT2D eigenvalue weighted by Gasteiger charge is -2.09. The number of carbonyl (C=O) groups is 2. The van der Waals surface area contributed by atoms with Crippen LogP contribution in [0, 0.1) is 0 Å². The summed E-state index contributed by atoms with van der Waals surface area (Å²) in [6.45, 7) is 0.601. The van der Waals surface area contributed by atoms with Crippen molar-refractivity contribution in [3.05, 3.63) is 65.7 Å². The van der Waals surface area contributed by atoms with E-state index in [0.29, 0.717) is 29.9 Å². The molecule has 3 rings (SSSR count). The number of hydrogen-bond acceptors (Lipinski definition) is 4. The molecule has 0 spiro atoms. The molecule has 4 heteroatoms. The molecule has 0 N–H and O–H groups in total. The van der Waals surface area contributed by atoms with Crippen LogP contribution < -0.4 is 4.74 Å². The Bertz CT molecular complexity index is 655. The van der Waals surface area contributed by atoms with Gasteiger partial charge in [-0.25, -0.2) is 4.79 Å². The van der Waals surface area contributed by atoms with Crippen molar-refractivity contribution in [1.82, 2.24) is 0 Å². The Morgan fingerprint density at radius 1 is 0.955 bits per heavy atom. The lowest BCUT2D eigenvalue weighted by molar-refractivity contribution is -0.144. The summed E-state index contributed by atoms with van der Waals surface area (Å²) in [5.41, 5.74) is 1.19. The maximum Gasteiger partial charge on any atom is 0.340 e. The normalized spacial score (nSPS) is 17.2. The van der Waals surface area contributed by atoms with Gasteiger partial charge in [0.25, 0.3) is 0 Å². The molecule has 1 heterocycles. The van der Waals surface area contributed by atoms with E-state index in [4.69, 9.17) is 9.47 Å². The highest BCUT2D eigenvalue weighted by atomic mass is 16.6. The van der Waals surface area contributed by atoms with Crippen LogP contribution in [0.5, 0.6) is 5.75 Å². The van der Waals surface area contributed by atoms with Crippen molar-refractivity contribution in [3.63, 3.8) is 0 Å². The second-order valence-corrected chi connectivity index (χ2v) is 5.14. The zero-order valence-electron chi connectivity index (χ0n) is 12.0. The van der Waals surface area contributed by atoms with E-state index in [1.807, 2.05) is 18.2 Å². The summed E-state index contributed by atoms with van der Waals surface area (Å²) in [5, 5.41) is 0. The first-order valence-corrected chi connectivity index (χ1v) is 7.27. The average molecular weight is 296 g/mol. The van der Waals surface area contributed by atoms with Gasteiger partial charge in [-0.3, -0.25) is 4.79 Å². The third kappa shape index (κ3) is 3.23. The summed E-state index contributed by atoms with van der Waals surface area (Å²) >= 11 is 0. The molecule has 0 amide bonds. The number of rotatable bonds is 4. The van der Waals surface area contributed by atoms with Crippen molar-refractivity contribution in [2.45, 2.75) is 18.9 Å². The minimum absolute atomic E-state index is 0.0578. The Morgan fingerprint density at radius 3 is 2.27 bits per heavy atom. The van der Waals surface area contributed by atoms with E-state index in [9.17, 15) is 9.59 Å². The van der Waals surface area contributed by atoms with Gasteiger partial charge in [0, 0.05) is 17.7 Å². The Kier molecular flexibility index (Phi) is 4.30. The van der Waals surface area contributed by atoms with Crippen LogP contribution in [0.4, 0.5) is 0 Å². The fraction of sp³-hybridized carbons (Fsp3) is 0.222. The van der Waals surface area contributed by atoms with Gasteiger partial charge in [-0.05, 0) is 37.1 Å². The van der Waals surface area contributed by atoms with Gasteiger partial charge in [0.15, 0.2) is 11.9 Å². The summed E-state index contributed by atoms with van der Waals surface area (Å²) in [7, 11) is 0. The zero-order chi connectivity index (χ0) is 15.4. The van der Waals surface area contributed by atoms with Crippen LogP contribution in [0.25, 0.3) is 0 Å². The molecule has 4 nitrogen and oxygen atoms in total. The minimum Gasteiger partial charge on any atom is -0.425 e. The van der Waals surface area contributed by atoms with E-state index in [-0.39, 0.29) is 11.8 Å². The molecule has 0 aromatic heterocycles. The molecular formula is C18H16O4. The zero-order valence-corrected chi connectivity index (χ0v) is 12.0. The first-order chi connectivity index (χ1) is 10.7. The molecule has 2 aromatic rings. The van der Waals surface area contributed by atoms with Crippen molar-refractivity contribution < 1.29 is 19.1 Å². The van der Waals surface area contributed by atoms with Crippen LogP contribution in [0.3, 0.4) is 0 Å². The van der Waals surface area contributed by atoms with Crippen molar-refractivity contribution in [1.29, 1.82) is 0 Å². The SMILES string of the molecule is O=C(c1ccccc1)c1ccc(OC(=O)[C@@H]2CCCO2)cc1. The fourth-order valence-electron chi connectivity index (χ4n) is 2.38. The van der Waals surface area contributed by atoms with Gasteiger partial charge in [0.1, 0.15) is 5.75 Å². The second-order valence-electron chi connectivity index (χ2n) is 5.14. The highest BCUT2D eigenvalue weighted by Crippen LogP contribution is 2.19. The Balaban J connectivity index is 1.67. The van der Waals surface area contributed by atoms with E-state index in [1.54, 1.807) is 36.4 Å². The third-order valence-electron chi connectivity index (χ3n) is 3.56. The average Bonchev–Trinajstić information content (AvgIpc) is 3.10. The highest BCUT2D eigenvalue weighted by molar-refractivity contribution is 6.09. The summed E-state index contributed by atoms with van der Waals surface area (Å²) in [4.78, 5) is 24.1. The molecule has 1 aliphatic heterocycles. The Hall–Kier alpha value is -2.46. The van der Waals surface area contributed by atoms with Crippen LogP contribution in [-0.2, 0) is 9.53 Å². The summed E-state index contributed by atoms with van der Waals surface area (Å²) in [6, 6.07) is 15.6. The lowest BCUT2D eigenvalue weighted by atomic mass is 10.0. The van der Waals surface area contributed by atoms with Crippen molar-refractivity contribution in [2.75, 3.05) is 6.61 Å². The maximum absolute atomic E-state index is 12.3. The van der Waals surface area contributed by atoms with Crippen LogP contribution >= 0.6 is 0 Å². The maximum atomic E-state index is 12.3. The molecule has 0 radical (unpaired) electrons. The molecule has 0 bridgehead atoms. The lowest BCUT2D eigenvalue weighted by Crippen LogP contribution is -2.24. The molecule has 1 saturated heterocycles. The molecule has 1 atom stereocenters. The topological polar surface area (TPSA) is 52.6 Å². The number of hydrogen-bond donors (Lipinski definition) is 0. The molecule has 1 fully saturated rings. The first-order valence-electron chi connectivity index (χ1n) is 7.27. The molecule has 0 unspecified atom stereocenters. The quantitative estimate of drug-likeness (QED) is 0.494. The van der Waals surface area contributed by atoms with E-state index in [1.165, 1.54) is 0 Å². The number of benzene rings is 2. The Labute approximate surface area is 128 Å². The molecule has 112 valence electrons. The summed E-state index contributed by atoms with van der Waals surface area (Å²) in [5.74, 6) is -0.0117. The van der Waals surface area contributed by atoms with E-state index in [2.05, 4.69) is 0 Å². The fourth-order valence-corrected chi connectivity index (χ4v) is 2.38. The predicted molar refractivity (Wildman–Crippen MR) is 80.9 cm³/mol. The standard InChI is InChI=1S/C18H16O4/c19-17(13-5-2-1-3-6-13)14-8-10-15(11-9-14)22-18(20)16-7-4-12-21-16/h1-3,5-6,8-11,16H,4,7,12H2/t16-/m0/s1. The predicted octanol–water partition coefficient (Wildman–Crippen LogP) is 3.00. The van der Waals surface area contributed by atoms with Crippen LogP contribution in [0.2, 0.25) is 0 Å². The number of ether oxygens (including phenoxy) is 2. The van der Waals surface area contributed by atoms with Gasteiger partial charge >= 0.3 is 5.97 Å². The van der Waals surface area contributed by atoms with E-state index in [0.717, 1.165) is 6.42 Å². The molecule has 2 aromatic carbocycles. The van der Waals surface area contributed by atoms with Gasteiger partial charge in [-0.2, -0.15) is 0 Å². The molecule has 22 heavy (non-hydrogen) atoms. The number of ketones is 1. The second kappa shape index (κ2) is 6.54. The molecule has 1 aliphatic rings. The summed E-state index contributed by atoms with van der Waals surface area (Å²) < 4.78 is 10.5. The van der Waals surface area contributed by atoms with Crippen LogP contribution in [0.15, 0.2) is 54.6 Å². The van der Waals surface area contributed by atoms with Crippen molar-refractivity contribution in [3.8, 4) is 5.75 Å². The van der Waals surface area contributed by atoms with Crippen LogP contribution in [0.1, 0.15) is 28.8 Å².